The summed E-state index contributed by atoms with van der Waals surface area (Å²) in [7, 11) is 0. The second-order valence-corrected chi connectivity index (χ2v) is 9.03. The van der Waals surface area contributed by atoms with Crippen molar-refractivity contribution in [2.75, 3.05) is 13.1 Å². The Morgan fingerprint density at radius 2 is 1.68 bits per heavy atom. The highest BCUT2D eigenvalue weighted by atomic mass is 16.2. The first-order valence-electron chi connectivity index (χ1n) is 12.1. The van der Waals surface area contributed by atoms with Gasteiger partial charge >= 0.3 is 0 Å². The van der Waals surface area contributed by atoms with Gasteiger partial charge < -0.3 is 10.2 Å². The number of hydrogen-bond donors (Lipinski definition) is 1. The Kier molecular flexibility index (Phi) is 6.56. The summed E-state index contributed by atoms with van der Waals surface area (Å²) in [6, 6.07) is 20.0. The molecule has 1 fully saturated rings. The van der Waals surface area contributed by atoms with E-state index in [-0.39, 0.29) is 17.7 Å². The first-order chi connectivity index (χ1) is 16.7. The van der Waals surface area contributed by atoms with E-state index >= 15 is 0 Å². The molecular weight excluding hydrogens is 424 g/mol. The second kappa shape index (κ2) is 10.1. The smallest absolute Gasteiger partial charge is 0.246 e. The fourth-order valence-electron chi connectivity index (χ4n) is 4.95. The van der Waals surface area contributed by atoms with Crippen molar-refractivity contribution >= 4 is 17.9 Å². The van der Waals surface area contributed by atoms with Crippen LogP contribution >= 0.6 is 0 Å². The van der Waals surface area contributed by atoms with Crippen LogP contribution in [0.3, 0.4) is 0 Å². The number of amides is 2. The SMILES string of the molecule is O=C(NCc1nn(-c2ccccc2)c2c1CCC2)C1CCN(C(=O)C=Cc2ccccc2)CC1. The minimum Gasteiger partial charge on any atom is -0.350 e. The van der Waals surface area contributed by atoms with Gasteiger partial charge in [0.15, 0.2) is 0 Å². The fraction of sp³-hybridized carbons (Fsp3) is 0.321. The summed E-state index contributed by atoms with van der Waals surface area (Å²) in [6.07, 6.45) is 8.01. The lowest BCUT2D eigenvalue weighted by atomic mass is 9.95. The molecule has 2 amide bonds. The number of fused-ring (bicyclic) bond motifs is 1. The highest BCUT2D eigenvalue weighted by molar-refractivity contribution is 5.92. The summed E-state index contributed by atoms with van der Waals surface area (Å²) >= 11 is 0. The standard InChI is InChI=1S/C28H30N4O2/c33-27(15-14-21-8-3-1-4-9-21)31-18-16-22(17-19-31)28(34)29-20-25-24-12-7-13-26(24)32(30-25)23-10-5-2-6-11-23/h1-6,8-11,14-15,22H,7,12-13,16-20H2,(H,29,34). The molecule has 1 N–H and O–H groups in total. The van der Waals surface area contributed by atoms with Gasteiger partial charge in [0, 0.05) is 30.8 Å². The van der Waals surface area contributed by atoms with Crippen molar-refractivity contribution in [3.05, 3.63) is 89.3 Å². The van der Waals surface area contributed by atoms with E-state index in [1.165, 1.54) is 11.3 Å². The topological polar surface area (TPSA) is 67.2 Å². The van der Waals surface area contributed by atoms with Crippen LogP contribution < -0.4 is 5.32 Å². The molecule has 0 unspecified atom stereocenters. The van der Waals surface area contributed by atoms with Gasteiger partial charge in [-0.2, -0.15) is 5.10 Å². The van der Waals surface area contributed by atoms with Crippen molar-refractivity contribution in [3.63, 3.8) is 0 Å². The Bertz CT molecular complexity index is 1180. The van der Waals surface area contributed by atoms with Crippen LogP contribution in [0.1, 0.15) is 41.8 Å². The lowest BCUT2D eigenvalue weighted by Gasteiger charge is -2.30. The van der Waals surface area contributed by atoms with E-state index in [0.717, 1.165) is 36.2 Å². The quantitative estimate of drug-likeness (QED) is 0.574. The largest absolute Gasteiger partial charge is 0.350 e. The lowest BCUT2D eigenvalue weighted by Crippen LogP contribution is -2.42. The third-order valence-electron chi connectivity index (χ3n) is 6.84. The normalized spacial score (nSPS) is 16.1. The number of para-hydroxylation sites is 1. The van der Waals surface area contributed by atoms with Gasteiger partial charge in [0.1, 0.15) is 0 Å². The van der Waals surface area contributed by atoms with E-state index in [1.54, 1.807) is 6.08 Å². The number of nitrogens with one attached hydrogen (secondary N) is 1. The van der Waals surface area contributed by atoms with E-state index < -0.39 is 0 Å². The van der Waals surface area contributed by atoms with Gasteiger partial charge in [-0.1, -0.05) is 48.5 Å². The summed E-state index contributed by atoms with van der Waals surface area (Å²) in [5.74, 6) is 0.00377. The van der Waals surface area contributed by atoms with Crippen molar-refractivity contribution in [3.8, 4) is 5.69 Å². The lowest BCUT2D eigenvalue weighted by molar-refractivity contribution is -0.132. The highest BCUT2D eigenvalue weighted by Crippen LogP contribution is 2.28. The van der Waals surface area contributed by atoms with E-state index in [1.807, 2.05) is 64.2 Å². The zero-order chi connectivity index (χ0) is 23.3. The van der Waals surface area contributed by atoms with Crippen LogP contribution in [0.25, 0.3) is 11.8 Å². The highest BCUT2D eigenvalue weighted by Gasteiger charge is 2.28. The molecule has 2 aliphatic rings. The minimum atomic E-state index is -0.0635. The van der Waals surface area contributed by atoms with Gasteiger partial charge in [-0.15, -0.1) is 0 Å². The van der Waals surface area contributed by atoms with Crippen molar-refractivity contribution in [1.29, 1.82) is 0 Å². The van der Waals surface area contributed by atoms with E-state index in [9.17, 15) is 9.59 Å². The molecule has 1 aromatic heterocycles. The summed E-state index contributed by atoms with van der Waals surface area (Å²) in [5, 5.41) is 7.96. The number of aromatic nitrogens is 2. The molecule has 0 spiro atoms. The molecule has 0 bridgehead atoms. The zero-order valence-corrected chi connectivity index (χ0v) is 19.3. The van der Waals surface area contributed by atoms with Gasteiger partial charge in [-0.05, 0) is 61.4 Å². The maximum Gasteiger partial charge on any atom is 0.246 e. The van der Waals surface area contributed by atoms with Crippen LogP contribution in [0.15, 0.2) is 66.7 Å². The van der Waals surface area contributed by atoms with Gasteiger partial charge in [0.2, 0.25) is 11.8 Å². The molecule has 1 aliphatic carbocycles. The monoisotopic (exact) mass is 454 g/mol. The van der Waals surface area contributed by atoms with Crippen molar-refractivity contribution < 1.29 is 9.59 Å². The van der Waals surface area contributed by atoms with Crippen molar-refractivity contribution in [2.45, 2.75) is 38.6 Å². The number of hydrogen-bond acceptors (Lipinski definition) is 3. The maximum atomic E-state index is 12.9. The van der Waals surface area contributed by atoms with E-state index in [0.29, 0.717) is 32.5 Å². The molecular formula is C28H30N4O2. The van der Waals surface area contributed by atoms with Crippen molar-refractivity contribution in [1.82, 2.24) is 20.0 Å². The van der Waals surface area contributed by atoms with Crippen LogP contribution in [0.5, 0.6) is 0 Å². The molecule has 6 nitrogen and oxygen atoms in total. The Hall–Kier alpha value is -3.67. The van der Waals surface area contributed by atoms with E-state index in [4.69, 9.17) is 5.10 Å². The van der Waals surface area contributed by atoms with Crippen LogP contribution in [-0.2, 0) is 29.0 Å². The Morgan fingerprint density at radius 3 is 2.41 bits per heavy atom. The van der Waals surface area contributed by atoms with Crippen LogP contribution in [-0.4, -0.2) is 39.6 Å². The number of carbonyl (C=O) groups excluding carboxylic acids is 2. The van der Waals surface area contributed by atoms with Crippen LogP contribution in [0.4, 0.5) is 0 Å². The predicted molar refractivity (Wildman–Crippen MR) is 132 cm³/mol. The maximum absolute atomic E-state index is 12.9. The van der Waals surface area contributed by atoms with Gasteiger partial charge in [0.05, 0.1) is 17.9 Å². The number of benzene rings is 2. The first kappa shape index (κ1) is 22.1. The minimum absolute atomic E-state index is 0.00438. The van der Waals surface area contributed by atoms with Crippen LogP contribution in [0, 0.1) is 5.92 Å². The van der Waals surface area contributed by atoms with Gasteiger partial charge in [0.25, 0.3) is 0 Å². The second-order valence-electron chi connectivity index (χ2n) is 9.03. The Labute approximate surface area is 200 Å². The Balaban J connectivity index is 1.15. The summed E-state index contributed by atoms with van der Waals surface area (Å²) in [5.41, 5.74) is 5.60. The third kappa shape index (κ3) is 4.81. The van der Waals surface area contributed by atoms with Gasteiger partial charge in [-0.25, -0.2) is 4.68 Å². The molecule has 3 aromatic rings. The Morgan fingerprint density at radius 1 is 0.971 bits per heavy atom. The number of likely N-dealkylation sites (tertiary alicyclic amines) is 1. The molecule has 1 saturated heterocycles. The number of rotatable bonds is 6. The molecule has 0 saturated carbocycles. The zero-order valence-electron chi connectivity index (χ0n) is 19.3. The van der Waals surface area contributed by atoms with E-state index in [2.05, 4.69) is 17.4 Å². The van der Waals surface area contributed by atoms with Crippen molar-refractivity contribution in [2.24, 2.45) is 5.92 Å². The molecule has 0 radical (unpaired) electrons. The average molecular weight is 455 g/mol. The number of carbonyl (C=O) groups is 2. The van der Waals surface area contributed by atoms with Gasteiger partial charge in [-0.3, -0.25) is 9.59 Å². The van der Waals surface area contributed by atoms with Crippen LogP contribution in [0.2, 0.25) is 0 Å². The number of nitrogens with zero attached hydrogens (tertiary/aromatic N) is 3. The molecule has 6 heteroatoms. The molecule has 5 rings (SSSR count). The molecule has 0 atom stereocenters. The number of piperidine rings is 1. The molecule has 174 valence electrons. The summed E-state index contributed by atoms with van der Waals surface area (Å²) in [6.45, 7) is 1.67. The molecule has 34 heavy (non-hydrogen) atoms. The summed E-state index contributed by atoms with van der Waals surface area (Å²) in [4.78, 5) is 27.2. The predicted octanol–water partition coefficient (Wildman–Crippen LogP) is 3.93. The molecule has 2 heterocycles. The average Bonchev–Trinajstić information content (AvgIpc) is 3.50. The summed E-state index contributed by atoms with van der Waals surface area (Å²) < 4.78 is 2.04. The first-order valence-corrected chi connectivity index (χ1v) is 12.1. The molecule has 2 aromatic carbocycles. The fourth-order valence-corrected chi connectivity index (χ4v) is 4.95. The molecule has 1 aliphatic heterocycles. The third-order valence-corrected chi connectivity index (χ3v) is 6.84.